The van der Waals surface area contributed by atoms with Crippen LogP contribution in [0.1, 0.15) is 30.7 Å². The van der Waals surface area contributed by atoms with Crippen molar-refractivity contribution in [3.05, 3.63) is 17.5 Å². The molecule has 1 N–H and O–H groups in total. The second kappa shape index (κ2) is 4.61. The highest BCUT2D eigenvalue weighted by Gasteiger charge is 2.59. The van der Waals surface area contributed by atoms with Crippen LogP contribution in [0.15, 0.2) is 10.6 Å². The van der Waals surface area contributed by atoms with E-state index in [1.807, 2.05) is 4.90 Å². The van der Waals surface area contributed by atoms with Gasteiger partial charge >= 0.3 is 5.97 Å². The van der Waals surface area contributed by atoms with Gasteiger partial charge in [-0.15, -0.1) is 0 Å². The van der Waals surface area contributed by atoms with Gasteiger partial charge in [-0.05, 0) is 31.6 Å². The number of aliphatic carboxylic acids is 1. The first-order valence-corrected chi connectivity index (χ1v) is 6.93. The van der Waals surface area contributed by atoms with Crippen LogP contribution >= 0.6 is 0 Å². The first kappa shape index (κ1) is 13.1. The summed E-state index contributed by atoms with van der Waals surface area (Å²) in [6, 6.07) is 1.77. The molecule has 1 unspecified atom stereocenters. The molecule has 1 saturated heterocycles. The van der Waals surface area contributed by atoms with E-state index in [9.17, 15) is 9.59 Å². The number of hydrogen-bond donors (Lipinski definition) is 1. The van der Waals surface area contributed by atoms with Crippen molar-refractivity contribution in [1.82, 2.24) is 10.1 Å². The molecule has 0 bridgehead atoms. The maximum atomic E-state index is 12.2. The lowest BCUT2D eigenvalue weighted by atomic mass is 9.90. The molecule has 0 radical (unpaired) electrons. The molecule has 0 aromatic carbocycles. The van der Waals surface area contributed by atoms with E-state index >= 15 is 0 Å². The molecule has 1 aromatic heterocycles. The highest BCUT2D eigenvalue weighted by Crippen LogP contribution is 2.59. The van der Waals surface area contributed by atoms with Crippen molar-refractivity contribution in [2.45, 2.75) is 32.6 Å². The normalized spacial score (nSPS) is 23.9. The maximum Gasteiger partial charge on any atom is 0.307 e. The third-order valence-electron chi connectivity index (χ3n) is 4.61. The van der Waals surface area contributed by atoms with Gasteiger partial charge in [-0.3, -0.25) is 9.59 Å². The van der Waals surface area contributed by atoms with Gasteiger partial charge in [-0.25, -0.2) is 0 Å². The van der Waals surface area contributed by atoms with Crippen LogP contribution in [-0.2, 0) is 16.0 Å². The second-order valence-corrected chi connectivity index (χ2v) is 5.94. The van der Waals surface area contributed by atoms with Crippen molar-refractivity contribution in [2.75, 3.05) is 13.1 Å². The summed E-state index contributed by atoms with van der Waals surface area (Å²) in [4.78, 5) is 25.0. The van der Waals surface area contributed by atoms with Gasteiger partial charge in [0.15, 0.2) is 0 Å². The van der Waals surface area contributed by atoms with Crippen LogP contribution in [0.2, 0.25) is 0 Å². The predicted octanol–water partition coefficient (Wildman–Crippen LogP) is 1.24. The van der Waals surface area contributed by atoms with Gasteiger partial charge in [0.2, 0.25) is 5.91 Å². The third kappa shape index (κ3) is 2.30. The van der Waals surface area contributed by atoms with Crippen molar-refractivity contribution < 1.29 is 19.2 Å². The number of aryl methyl sites for hydroxylation is 1. The number of carboxylic acids is 1. The van der Waals surface area contributed by atoms with Gasteiger partial charge in [0, 0.05) is 19.2 Å². The van der Waals surface area contributed by atoms with Gasteiger partial charge in [-0.2, -0.15) is 0 Å². The minimum Gasteiger partial charge on any atom is -0.481 e. The predicted molar refractivity (Wildman–Crippen MR) is 68.9 cm³/mol. The lowest BCUT2D eigenvalue weighted by Crippen LogP contribution is -2.40. The lowest BCUT2D eigenvalue weighted by molar-refractivity contribution is -0.139. The fourth-order valence-corrected chi connectivity index (χ4v) is 3.22. The second-order valence-electron chi connectivity index (χ2n) is 5.94. The van der Waals surface area contributed by atoms with Crippen molar-refractivity contribution in [1.29, 1.82) is 0 Å². The first-order valence-electron chi connectivity index (χ1n) is 6.93. The molecule has 6 heteroatoms. The number of nitrogens with zero attached hydrogens (tertiary/aromatic N) is 2. The quantitative estimate of drug-likeness (QED) is 0.899. The van der Waals surface area contributed by atoms with Crippen LogP contribution in [0, 0.1) is 18.3 Å². The zero-order valence-electron chi connectivity index (χ0n) is 11.5. The fraction of sp³-hybridized carbons (Fsp3) is 0.643. The number of carboxylic acid groups (broad SMARTS) is 1. The fourth-order valence-electron chi connectivity index (χ4n) is 3.22. The van der Waals surface area contributed by atoms with Gasteiger partial charge in [0.25, 0.3) is 0 Å². The molecule has 2 fully saturated rings. The van der Waals surface area contributed by atoms with E-state index in [2.05, 4.69) is 5.16 Å². The summed E-state index contributed by atoms with van der Waals surface area (Å²) in [6.45, 7) is 3.10. The van der Waals surface area contributed by atoms with Crippen molar-refractivity contribution in [2.24, 2.45) is 11.3 Å². The zero-order chi connectivity index (χ0) is 14.3. The summed E-state index contributed by atoms with van der Waals surface area (Å²) in [6.07, 6.45) is 2.63. The Labute approximate surface area is 116 Å². The van der Waals surface area contributed by atoms with Gasteiger partial charge in [0.1, 0.15) is 5.76 Å². The number of piperidine rings is 1. The van der Waals surface area contributed by atoms with E-state index in [1.165, 1.54) is 0 Å². The Bertz CT molecular complexity index is 543. The maximum absolute atomic E-state index is 12.2. The Balaban J connectivity index is 1.53. The van der Waals surface area contributed by atoms with Crippen molar-refractivity contribution in [3.8, 4) is 0 Å². The molecule has 1 aromatic rings. The molecule has 2 aliphatic rings. The van der Waals surface area contributed by atoms with E-state index < -0.39 is 5.97 Å². The Kier molecular flexibility index (Phi) is 3.03. The van der Waals surface area contributed by atoms with Crippen LogP contribution < -0.4 is 0 Å². The molecule has 1 saturated carbocycles. The molecule has 1 amide bonds. The van der Waals surface area contributed by atoms with Gasteiger partial charge in [0.05, 0.1) is 18.0 Å². The Morgan fingerprint density at radius 1 is 1.50 bits per heavy atom. The van der Waals surface area contributed by atoms with E-state index in [0.717, 1.165) is 19.3 Å². The lowest BCUT2D eigenvalue weighted by Gasteiger charge is -2.32. The van der Waals surface area contributed by atoms with Gasteiger partial charge in [-0.1, -0.05) is 5.16 Å². The Morgan fingerprint density at radius 2 is 2.20 bits per heavy atom. The van der Waals surface area contributed by atoms with Crippen molar-refractivity contribution >= 4 is 11.9 Å². The highest BCUT2D eigenvalue weighted by molar-refractivity contribution is 5.79. The summed E-state index contributed by atoms with van der Waals surface area (Å²) in [5, 5.41) is 12.9. The van der Waals surface area contributed by atoms with E-state index in [-0.39, 0.29) is 23.7 Å². The Morgan fingerprint density at radius 3 is 2.70 bits per heavy atom. The largest absolute Gasteiger partial charge is 0.481 e. The molecular weight excluding hydrogens is 260 g/mol. The summed E-state index contributed by atoms with van der Waals surface area (Å²) < 4.78 is 4.95. The van der Waals surface area contributed by atoms with Crippen LogP contribution in [0.5, 0.6) is 0 Å². The topological polar surface area (TPSA) is 83.6 Å². The monoisotopic (exact) mass is 278 g/mol. The number of rotatable bonds is 3. The van der Waals surface area contributed by atoms with E-state index in [1.54, 1.807) is 13.0 Å². The molecule has 3 rings (SSSR count). The number of aromatic nitrogens is 1. The summed E-state index contributed by atoms with van der Waals surface area (Å²) in [5.41, 5.74) is 0.621. The standard InChI is InChI=1S/C14H18N2O4/c1-9-6-10(15-20-9)7-12(17)16-4-2-14(3-5-16)8-11(14)13(18)19/h6,11H,2-5,7-8H2,1H3,(H,18,19). The number of hydrogen-bond acceptors (Lipinski definition) is 4. The molecule has 6 nitrogen and oxygen atoms in total. The SMILES string of the molecule is Cc1cc(CC(=O)N2CCC3(CC2)CC3C(=O)O)no1. The molecule has 108 valence electrons. The molecule has 1 spiro atoms. The highest BCUT2D eigenvalue weighted by atomic mass is 16.5. The summed E-state index contributed by atoms with van der Waals surface area (Å²) >= 11 is 0. The molecule has 2 heterocycles. The number of amides is 1. The van der Waals surface area contributed by atoms with E-state index in [0.29, 0.717) is 24.5 Å². The molecule has 1 aliphatic heterocycles. The van der Waals surface area contributed by atoms with Gasteiger partial charge < -0.3 is 14.5 Å². The van der Waals surface area contributed by atoms with Crippen LogP contribution in [0.4, 0.5) is 0 Å². The molecular formula is C14H18N2O4. The van der Waals surface area contributed by atoms with Crippen LogP contribution in [0.25, 0.3) is 0 Å². The third-order valence-corrected chi connectivity index (χ3v) is 4.61. The van der Waals surface area contributed by atoms with Crippen molar-refractivity contribution in [3.63, 3.8) is 0 Å². The smallest absolute Gasteiger partial charge is 0.307 e. The zero-order valence-corrected chi connectivity index (χ0v) is 11.5. The average molecular weight is 278 g/mol. The molecule has 1 atom stereocenters. The molecule has 1 aliphatic carbocycles. The van der Waals surface area contributed by atoms with Crippen LogP contribution in [0.3, 0.4) is 0 Å². The van der Waals surface area contributed by atoms with E-state index in [4.69, 9.17) is 9.63 Å². The number of likely N-dealkylation sites (tertiary alicyclic amines) is 1. The minimum absolute atomic E-state index is 0.0346. The Hall–Kier alpha value is -1.85. The summed E-state index contributed by atoms with van der Waals surface area (Å²) in [5.74, 6) is -0.144. The number of carbonyl (C=O) groups is 2. The first-order chi connectivity index (χ1) is 9.50. The molecule has 20 heavy (non-hydrogen) atoms. The minimum atomic E-state index is -0.692. The number of carbonyl (C=O) groups excluding carboxylic acids is 1. The van der Waals surface area contributed by atoms with Crippen LogP contribution in [-0.4, -0.2) is 40.1 Å². The summed E-state index contributed by atoms with van der Waals surface area (Å²) in [7, 11) is 0. The average Bonchev–Trinajstić information content (AvgIpc) is 2.96.